The van der Waals surface area contributed by atoms with E-state index in [4.69, 9.17) is 11.6 Å². The van der Waals surface area contributed by atoms with Crippen molar-refractivity contribution in [1.82, 2.24) is 0 Å². The van der Waals surface area contributed by atoms with Gasteiger partial charge in [-0.25, -0.2) is 4.79 Å². The number of carboxylic acid groups (broad SMARTS) is 1. The second kappa shape index (κ2) is 8.39. The number of halogens is 1. The van der Waals surface area contributed by atoms with Crippen molar-refractivity contribution >= 4 is 40.5 Å². The SMILES string of the molecule is O=C(O)c1sc(-c2ccccc2)cc1N(Cc1cccc(Cl)c1)C(=O)C1CCC1. The topological polar surface area (TPSA) is 57.6 Å². The number of carbonyl (C=O) groups is 2. The second-order valence-electron chi connectivity index (χ2n) is 7.18. The highest BCUT2D eigenvalue weighted by atomic mass is 35.5. The van der Waals surface area contributed by atoms with Gasteiger partial charge in [-0.1, -0.05) is 60.5 Å². The molecule has 0 bridgehead atoms. The Morgan fingerprint density at radius 3 is 2.45 bits per heavy atom. The maximum absolute atomic E-state index is 13.2. The number of carbonyl (C=O) groups excluding carboxylic acids is 1. The van der Waals surface area contributed by atoms with E-state index in [1.165, 1.54) is 11.3 Å². The molecule has 0 spiro atoms. The summed E-state index contributed by atoms with van der Waals surface area (Å²) in [6.07, 6.45) is 2.73. The maximum atomic E-state index is 13.2. The molecule has 1 amide bonds. The molecule has 1 heterocycles. The summed E-state index contributed by atoms with van der Waals surface area (Å²) in [4.78, 5) is 27.9. The van der Waals surface area contributed by atoms with Crippen LogP contribution in [0.4, 0.5) is 5.69 Å². The highest BCUT2D eigenvalue weighted by Crippen LogP contribution is 2.39. The molecule has 0 aliphatic heterocycles. The summed E-state index contributed by atoms with van der Waals surface area (Å²) in [5, 5.41) is 10.4. The van der Waals surface area contributed by atoms with Crippen LogP contribution in [-0.4, -0.2) is 17.0 Å². The van der Waals surface area contributed by atoms with Crippen molar-refractivity contribution in [2.75, 3.05) is 4.90 Å². The van der Waals surface area contributed by atoms with E-state index in [1.54, 1.807) is 11.0 Å². The first-order chi connectivity index (χ1) is 14.0. The molecule has 29 heavy (non-hydrogen) atoms. The van der Waals surface area contributed by atoms with E-state index in [0.717, 1.165) is 35.3 Å². The van der Waals surface area contributed by atoms with Crippen LogP contribution in [0.5, 0.6) is 0 Å². The zero-order valence-electron chi connectivity index (χ0n) is 15.7. The summed E-state index contributed by atoms with van der Waals surface area (Å²) in [6.45, 7) is 0.293. The molecular weight excluding hydrogens is 406 g/mol. The highest BCUT2D eigenvalue weighted by molar-refractivity contribution is 7.18. The Kier molecular flexibility index (Phi) is 5.69. The van der Waals surface area contributed by atoms with Crippen LogP contribution in [-0.2, 0) is 11.3 Å². The molecule has 0 unspecified atom stereocenters. The first-order valence-corrected chi connectivity index (χ1v) is 10.7. The number of carboxylic acids is 1. The van der Waals surface area contributed by atoms with Crippen molar-refractivity contribution in [2.24, 2.45) is 5.92 Å². The smallest absolute Gasteiger partial charge is 0.348 e. The monoisotopic (exact) mass is 425 g/mol. The van der Waals surface area contributed by atoms with Crippen LogP contribution in [0.3, 0.4) is 0 Å². The van der Waals surface area contributed by atoms with Gasteiger partial charge in [-0.3, -0.25) is 4.79 Å². The highest BCUT2D eigenvalue weighted by Gasteiger charge is 2.33. The van der Waals surface area contributed by atoms with Crippen molar-refractivity contribution < 1.29 is 14.7 Å². The first kappa shape index (κ1) is 19.7. The van der Waals surface area contributed by atoms with Crippen LogP contribution < -0.4 is 4.90 Å². The molecule has 1 aliphatic rings. The maximum Gasteiger partial charge on any atom is 0.348 e. The number of nitrogens with zero attached hydrogens (tertiary/aromatic N) is 1. The number of thiophene rings is 1. The molecule has 1 saturated carbocycles. The molecule has 148 valence electrons. The lowest BCUT2D eigenvalue weighted by molar-refractivity contribution is -0.124. The van der Waals surface area contributed by atoms with Crippen LogP contribution in [0.2, 0.25) is 5.02 Å². The minimum atomic E-state index is -1.02. The Hall–Kier alpha value is -2.63. The Morgan fingerprint density at radius 2 is 1.83 bits per heavy atom. The van der Waals surface area contributed by atoms with E-state index in [9.17, 15) is 14.7 Å². The van der Waals surface area contributed by atoms with Crippen LogP contribution in [0.1, 0.15) is 34.5 Å². The molecule has 1 fully saturated rings. The predicted octanol–water partition coefficient (Wildman–Crippen LogP) is 6.10. The van der Waals surface area contributed by atoms with Crippen LogP contribution >= 0.6 is 22.9 Å². The molecule has 2 aromatic carbocycles. The number of hydrogen-bond acceptors (Lipinski definition) is 3. The molecule has 3 aromatic rings. The average Bonchev–Trinajstić information content (AvgIpc) is 3.11. The number of hydrogen-bond donors (Lipinski definition) is 1. The van der Waals surface area contributed by atoms with Gasteiger partial charge in [0.05, 0.1) is 12.2 Å². The van der Waals surface area contributed by atoms with E-state index in [1.807, 2.05) is 54.6 Å². The van der Waals surface area contributed by atoms with Gasteiger partial charge in [0.25, 0.3) is 0 Å². The quantitative estimate of drug-likeness (QED) is 0.519. The fraction of sp³-hybridized carbons (Fsp3) is 0.217. The first-order valence-electron chi connectivity index (χ1n) is 9.51. The Bertz CT molecular complexity index is 1040. The minimum Gasteiger partial charge on any atom is -0.477 e. The van der Waals surface area contributed by atoms with Crippen molar-refractivity contribution in [3.8, 4) is 10.4 Å². The van der Waals surface area contributed by atoms with Gasteiger partial charge in [-0.05, 0) is 42.2 Å². The van der Waals surface area contributed by atoms with Gasteiger partial charge in [0, 0.05) is 15.8 Å². The standard InChI is InChI=1S/C23H20ClNO3S/c24-18-11-4-6-15(12-18)14-25(22(26)17-9-5-10-17)19-13-20(29-21(19)23(27)28)16-7-2-1-3-8-16/h1-4,6-8,11-13,17H,5,9-10,14H2,(H,27,28). The van der Waals surface area contributed by atoms with Gasteiger partial charge >= 0.3 is 5.97 Å². The van der Waals surface area contributed by atoms with Gasteiger partial charge in [0.2, 0.25) is 5.91 Å². The van der Waals surface area contributed by atoms with Crippen molar-refractivity contribution in [3.63, 3.8) is 0 Å². The van der Waals surface area contributed by atoms with Crippen molar-refractivity contribution in [1.29, 1.82) is 0 Å². The zero-order valence-corrected chi connectivity index (χ0v) is 17.2. The molecule has 4 rings (SSSR count). The summed E-state index contributed by atoms with van der Waals surface area (Å²) in [5.41, 5.74) is 2.26. The van der Waals surface area contributed by atoms with E-state index < -0.39 is 5.97 Å². The summed E-state index contributed by atoms with van der Waals surface area (Å²) in [7, 11) is 0. The fourth-order valence-electron chi connectivity index (χ4n) is 3.46. The molecule has 4 nitrogen and oxygen atoms in total. The van der Waals surface area contributed by atoms with Crippen LogP contribution in [0.15, 0.2) is 60.7 Å². The third-order valence-electron chi connectivity index (χ3n) is 5.21. The molecular formula is C23H20ClNO3S. The molecule has 1 N–H and O–H groups in total. The minimum absolute atomic E-state index is 0.0175. The Balaban J connectivity index is 1.77. The van der Waals surface area contributed by atoms with E-state index in [2.05, 4.69) is 0 Å². The van der Waals surface area contributed by atoms with Gasteiger partial charge in [0.15, 0.2) is 0 Å². The molecule has 6 heteroatoms. The Morgan fingerprint density at radius 1 is 1.07 bits per heavy atom. The van der Waals surface area contributed by atoms with Crippen molar-refractivity contribution in [2.45, 2.75) is 25.8 Å². The van der Waals surface area contributed by atoms with Gasteiger partial charge < -0.3 is 10.0 Å². The van der Waals surface area contributed by atoms with Crippen LogP contribution in [0.25, 0.3) is 10.4 Å². The third kappa shape index (κ3) is 4.21. The third-order valence-corrected chi connectivity index (χ3v) is 6.60. The average molecular weight is 426 g/mol. The largest absolute Gasteiger partial charge is 0.477 e. The normalized spacial score (nSPS) is 13.7. The summed E-state index contributed by atoms with van der Waals surface area (Å²) in [5.74, 6) is -1.09. The number of benzene rings is 2. The number of rotatable bonds is 6. The van der Waals surface area contributed by atoms with Gasteiger partial charge in [0.1, 0.15) is 4.88 Å². The summed E-state index contributed by atoms with van der Waals surface area (Å²) >= 11 is 7.32. The summed E-state index contributed by atoms with van der Waals surface area (Å²) < 4.78 is 0. The van der Waals surface area contributed by atoms with Crippen molar-refractivity contribution in [3.05, 3.63) is 76.1 Å². The second-order valence-corrected chi connectivity index (χ2v) is 8.67. The van der Waals surface area contributed by atoms with Gasteiger partial charge in [-0.2, -0.15) is 0 Å². The molecule has 1 aromatic heterocycles. The zero-order chi connectivity index (χ0) is 20.4. The van der Waals surface area contributed by atoms with E-state index in [0.29, 0.717) is 17.3 Å². The molecule has 0 radical (unpaired) electrons. The summed E-state index contributed by atoms with van der Waals surface area (Å²) in [6, 6.07) is 18.8. The fourth-order valence-corrected chi connectivity index (χ4v) is 4.67. The lowest BCUT2D eigenvalue weighted by Crippen LogP contribution is -2.39. The molecule has 0 saturated heterocycles. The Labute approximate surface area is 178 Å². The van der Waals surface area contributed by atoms with E-state index in [-0.39, 0.29) is 16.7 Å². The molecule has 0 atom stereocenters. The molecule has 1 aliphatic carbocycles. The number of amides is 1. The van der Waals surface area contributed by atoms with Crippen LogP contribution in [0, 0.1) is 5.92 Å². The predicted molar refractivity (Wildman–Crippen MR) is 117 cm³/mol. The van der Waals surface area contributed by atoms with Gasteiger partial charge in [-0.15, -0.1) is 11.3 Å². The number of anilines is 1. The van der Waals surface area contributed by atoms with E-state index >= 15 is 0 Å². The lowest BCUT2D eigenvalue weighted by Gasteiger charge is -2.31. The lowest BCUT2D eigenvalue weighted by atomic mass is 9.84. The number of aromatic carboxylic acids is 1.